The normalized spacial score (nSPS) is 18.5. The van der Waals surface area contributed by atoms with Gasteiger partial charge in [-0.25, -0.2) is 0 Å². The highest BCUT2D eigenvalue weighted by Crippen LogP contribution is 2.33. The maximum atomic E-state index is 12.4. The molecular formula is C16H24N2O2. The lowest BCUT2D eigenvalue weighted by Gasteiger charge is -2.24. The summed E-state index contributed by atoms with van der Waals surface area (Å²) in [5.74, 6) is 0.149. The van der Waals surface area contributed by atoms with Gasteiger partial charge in [-0.3, -0.25) is 4.79 Å². The number of rotatable bonds is 5. The largest absolute Gasteiger partial charge is 0.384 e. The van der Waals surface area contributed by atoms with E-state index in [0.717, 1.165) is 31.6 Å². The summed E-state index contributed by atoms with van der Waals surface area (Å²) < 4.78 is 5.02. The highest BCUT2D eigenvalue weighted by atomic mass is 16.5. The van der Waals surface area contributed by atoms with Gasteiger partial charge in [0, 0.05) is 25.4 Å². The fraction of sp³-hybridized carbons (Fsp3) is 0.562. The van der Waals surface area contributed by atoms with E-state index in [-0.39, 0.29) is 5.91 Å². The molecule has 0 aliphatic carbocycles. The molecule has 1 aliphatic heterocycles. The number of benzene rings is 1. The Hall–Kier alpha value is -1.39. The molecular weight excluding hydrogens is 252 g/mol. The molecule has 1 N–H and O–H groups in total. The molecule has 20 heavy (non-hydrogen) atoms. The van der Waals surface area contributed by atoms with Gasteiger partial charge in [0.15, 0.2) is 0 Å². The van der Waals surface area contributed by atoms with Gasteiger partial charge >= 0.3 is 0 Å². The molecule has 4 nitrogen and oxygen atoms in total. The number of methoxy groups -OCH3 is 1. The number of ether oxygens (including phenoxy) is 1. The van der Waals surface area contributed by atoms with Crippen molar-refractivity contribution >= 4 is 11.6 Å². The second-order valence-corrected chi connectivity index (χ2v) is 5.10. The zero-order valence-electron chi connectivity index (χ0n) is 12.4. The summed E-state index contributed by atoms with van der Waals surface area (Å²) in [5, 5.41) is 3.52. The molecule has 0 bridgehead atoms. The fourth-order valence-corrected chi connectivity index (χ4v) is 2.80. The zero-order chi connectivity index (χ0) is 14.4. The summed E-state index contributed by atoms with van der Waals surface area (Å²) in [7, 11) is 1.63. The molecule has 1 amide bonds. The summed E-state index contributed by atoms with van der Waals surface area (Å²) >= 11 is 0. The number of nitrogens with one attached hydrogen (secondary N) is 1. The van der Waals surface area contributed by atoms with Gasteiger partial charge in [0.05, 0.1) is 13.0 Å². The number of nitrogens with zero attached hydrogens (tertiary/aromatic N) is 1. The molecule has 0 saturated heterocycles. The summed E-state index contributed by atoms with van der Waals surface area (Å²) in [6.45, 7) is 4.33. The SMILES string of the molecule is CCNC1CCCN(C(=O)CCOC)c2ccccc21. The number of carbonyl (C=O) groups excluding carboxylic acids is 1. The number of para-hydroxylation sites is 1. The first-order chi connectivity index (χ1) is 9.77. The minimum atomic E-state index is 0.149. The van der Waals surface area contributed by atoms with Crippen LogP contribution in [0.3, 0.4) is 0 Å². The van der Waals surface area contributed by atoms with Crippen molar-refractivity contribution in [1.82, 2.24) is 5.32 Å². The van der Waals surface area contributed by atoms with E-state index in [1.165, 1.54) is 5.56 Å². The maximum absolute atomic E-state index is 12.4. The van der Waals surface area contributed by atoms with Gasteiger partial charge in [-0.15, -0.1) is 0 Å². The van der Waals surface area contributed by atoms with Crippen LogP contribution in [0, 0.1) is 0 Å². The molecule has 0 saturated carbocycles. The Morgan fingerprint density at radius 2 is 2.25 bits per heavy atom. The van der Waals surface area contributed by atoms with E-state index in [1.807, 2.05) is 17.0 Å². The van der Waals surface area contributed by atoms with Crippen molar-refractivity contribution in [3.05, 3.63) is 29.8 Å². The minimum absolute atomic E-state index is 0.149. The predicted octanol–water partition coefficient (Wildman–Crippen LogP) is 2.50. The standard InChI is InChI=1S/C16H24N2O2/c1-3-17-14-8-6-11-18(16(19)10-12-20-2)15-9-5-4-7-13(14)15/h4-5,7,9,14,17H,3,6,8,10-12H2,1-2H3. The Balaban J connectivity index is 2.26. The summed E-state index contributed by atoms with van der Waals surface area (Å²) in [5.41, 5.74) is 2.29. The summed E-state index contributed by atoms with van der Waals surface area (Å²) in [4.78, 5) is 14.3. The lowest BCUT2D eigenvalue weighted by atomic mass is 10.0. The Labute approximate surface area is 121 Å². The number of hydrogen-bond acceptors (Lipinski definition) is 3. The van der Waals surface area contributed by atoms with Crippen LogP contribution in [0.4, 0.5) is 5.69 Å². The average molecular weight is 276 g/mol. The molecule has 0 aromatic heterocycles. The average Bonchev–Trinajstić information content (AvgIpc) is 2.65. The zero-order valence-corrected chi connectivity index (χ0v) is 12.4. The first kappa shape index (κ1) is 15.0. The predicted molar refractivity (Wildman–Crippen MR) is 80.9 cm³/mol. The number of anilines is 1. The van der Waals surface area contributed by atoms with Gasteiger partial charge in [-0.1, -0.05) is 25.1 Å². The van der Waals surface area contributed by atoms with Gasteiger partial charge in [0.1, 0.15) is 0 Å². The molecule has 110 valence electrons. The van der Waals surface area contributed by atoms with E-state index in [4.69, 9.17) is 4.74 Å². The molecule has 1 atom stereocenters. The smallest absolute Gasteiger partial charge is 0.229 e. The van der Waals surface area contributed by atoms with E-state index in [9.17, 15) is 4.79 Å². The number of fused-ring (bicyclic) bond motifs is 1. The Morgan fingerprint density at radius 1 is 1.45 bits per heavy atom. The minimum Gasteiger partial charge on any atom is -0.384 e. The first-order valence-corrected chi connectivity index (χ1v) is 7.39. The second-order valence-electron chi connectivity index (χ2n) is 5.10. The lowest BCUT2D eigenvalue weighted by Crippen LogP contribution is -2.32. The van der Waals surface area contributed by atoms with Crippen LogP contribution in [0.25, 0.3) is 0 Å². The molecule has 4 heteroatoms. The van der Waals surface area contributed by atoms with Crippen LogP contribution < -0.4 is 10.2 Å². The molecule has 0 fully saturated rings. The first-order valence-electron chi connectivity index (χ1n) is 7.39. The third-order valence-corrected chi connectivity index (χ3v) is 3.75. The van der Waals surface area contributed by atoms with Crippen molar-refractivity contribution in [3.8, 4) is 0 Å². The van der Waals surface area contributed by atoms with Crippen molar-refractivity contribution in [2.24, 2.45) is 0 Å². The molecule has 1 aromatic rings. The molecule has 0 spiro atoms. The quantitative estimate of drug-likeness (QED) is 0.898. The fourth-order valence-electron chi connectivity index (χ4n) is 2.80. The van der Waals surface area contributed by atoms with Crippen molar-refractivity contribution in [2.75, 3.05) is 31.7 Å². The summed E-state index contributed by atoms with van der Waals surface area (Å²) in [6.07, 6.45) is 2.53. The lowest BCUT2D eigenvalue weighted by molar-refractivity contribution is -0.119. The Kier molecular flexibility index (Phi) is 5.56. The van der Waals surface area contributed by atoms with Crippen LogP contribution in [0.1, 0.15) is 37.8 Å². The highest BCUT2D eigenvalue weighted by Gasteiger charge is 2.25. The van der Waals surface area contributed by atoms with E-state index >= 15 is 0 Å². The van der Waals surface area contributed by atoms with Gasteiger partial charge in [0.2, 0.25) is 5.91 Å². The summed E-state index contributed by atoms with van der Waals surface area (Å²) in [6, 6.07) is 8.58. The maximum Gasteiger partial charge on any atom is 0.229 e. The van der Waals surface area contributed by atoms with Crippen LogP contribution in [-0.4, -0.2) is 32.7 Å². The van der Waals surface area contributed by atoms with Crippen molar-refractivity contribution in [1.29, 1.82) is 0 Å². The third kappa shape index (κ3) is 3.38. The monoisotopic (exact) mass is 276 g/mol. The molecule has 1 unspecified atom stereocenters. The van der Waals surface area contributed by atoms with Crippen LogP contribution in [0.15, 0.2) is 24.3 Å². The van der Waals surface area contributed by atoms with Gasteiger partial charge in [0.25, 0.3) is 0 Å². The van der Waals surface area contributed by atoms with Crippen LogP contribution >= 0.6 is 0 Å². The van der Waals surface area contributed by atoms with Crippen molar-refractivity contribution < 1.29 is 9.53 Å². The van der Waals surface area contributed by atoms with Gasteiger partial charge < -0.3 is 15.0 Å². The third-order valence-electron chi connectivity index (χ3n) is 3.75. The van der Waals surface area contributed by atoms with Crippen molar-refractivity contribution in [2.45, 2.75) is 32.2 Å². The highest BCUT2D eigenvalue weighted by molar-refractivity contribution is 5.94. The van der Waals surface area contributed by atoms with Crippen LogP contribution in [0.2, 0.25) is 0 Å². The van der Waals surface area contributed by atoms with E-state index in [0.29, 0.717) is 19.1 Å². The second kappa shape index (κ2) is 7.41. The Morgan fingerprint density at radius 3 is 3.00 bits per heavy atom. The molecule has 0 radical (unpaired) electrons. The van der Waals surface area contributed by atoms with Gasteiger partial charge in [-0.05, 0) is 31.0 Å². The molecule has 2 rings (SSSR count). The van der Waals surface area contributed by atoms with E-state index in [1.54, 1.807) is 7.11 Å². The van der Waals surface area contributed by atoms with Crippen LogP contribution in [0.5, 0.6) is 0 Å². The number of carbonyl (C=O) groups is 1. The number of amides is 1. The Bertz CT molecular complexity index is 448. The van der Waals surface area contributed by atoms with Crippen LogP contribution in [-0.2, 0) is 9.53 Å². The topological polar surface area (TPSA) is 41.6 Å². The van der Waals surface area contributed by atoms with E-state index in [2.05, 4.69) is 24.4 Å². The van der Waals surface area contributed by atoms with E-state index < -0.39 is 0 Å². The molecule has 1 aliphatic rings. The molecule has 1 aromatic carbocycles. The number of hydrogen-bond donors (Lipinski definition) is 1. The van der Waals surface area contributed by atoms with Crippen molar-refractivity contribution in [3.63, 3.8) is 0 Å². The molecule has 1 heterocycles. The van der Waals surface area contributed by atoms with Gasteiger partial charge in [-0.2, -0.15) is 0 Å².